The zero-order valence-corrected chi connectivity index (χ0v) is 11.8. The van der Waals surface area contributed by atoms with Crippen LogP contribution >= 0.6 is 0 Å². The van der Waals surface area contributed by atoms with E-state index in [1.165, 1.54) is 32.2 Å². The molecule has 2 heteroatoms. The number of nitrogens with one attached hydrogen (secondary N) is 2. The molecule has 2 fully saturated rings. The highest BCUT2D eigenvalue weighted by molar-refractivity contribution is 4.91. The van der Waals surface area contributed by atoms with E-state index in [-0.39, 0.29) is 0 Å². The van der Waals surface area contributed by atoms with E-state index in [4.69, 9.17) is 0 Å². The third kappa shape index (κ3) is 3.96. The van der Waals surface area contributed by atoms with Crippen molar-refractivity contribution in [3.05, 3.63) is 0 Å². The van der Waals surface area contributed by atoms with Crippen LogP contribution in [0.4, 0.5) is 0 Å². The molecular weight excluding hydrogens is 208 g/mol. The molecule has 2 N–H and O–H groups in total. The lowest BCUT2D eigenvalue weighted by molar-refractivity contribution is 0.306. The highest BCUT2D eigenvalue weighted by Crippen LogP contribution is 2.47. The Morgan fingerprint density at radius 1 is 1.06 bits per heavy atom. The molecule has 0 aromatic rings. The van der Waals surface area contributed by atoms with Gasteiger partial charge in [0.2, 0.25) is 0 Å². The van der Waals surface area contributed by atoms with Gasteiger partial charge < -0.3 is 10.6 Å². The second-order valence-corrected chi connectivity index (χ2v) is 6.80. The summed E-state index contributed by atoms with van der Waals surface area (Å²) in [4.78, 5) is 0. The maximum absolute atomic E-state index is 3.72. The third-order valence-electron chi connectivity index (χ3n) is 4.62. The zero-order valence-electron chi connectivity index (χ0n) is 11.8. The lowest BCUT2D eigenvalue weighted by Gasteiger charge is -2.24. The van der Waals surface area contributed by atoms with Gasteiger partial charge in [0.15, 0.2) is 0 Å². The van der Waals surface area contributed by atoms with Crippen molar-refractivity contribution in [1.82, 2.24) is 10.6 Å². The van der Waals surface area contributed by atoms with Crippen molar-refractivity contribution in [2.45, 2.75) is 52.5 Å². The van der Waals surface area contributed by atoms with Gasteiger partial charge in [0.1, 0.15) is 0 Å². The van der Waals surface area contributed by atoms with Gasteiger partial charge in [-0.15, -0.1) is 0 Å². The first-order chi connectivity index (χ1) is 8.15. The summed E-state index contributed by atoms with van der Waals surface area (Å²) < 4.78 is 0. The first kappa shape index (κ1) is 13.4. The highest BCUT2D eigenvalue weighted by atomic mass is 15.0. The lowest BCUT2D eigenvalue weighted by atomic mass is 9.89. The van der Waals surface area contributed by atoms with Crippen LogP contribution in [0.1, 0.15) is 46.5 Å². The van der Waals surface area contributed by atoms with E-state index in [1.807, 2.05) is 0 Å². The molecule has 2 aliphatic carbocycles. The summed E-state index contributed by atoms with van der Waals surface area (Å²) in [6.45, 7) is 10.3. The predicted molar refractivity (Wildman–Crippen MR) is 74.1 cm³/mol. The molecular formula is C15H30N2. The van der Waals surface area contributed by atoms with E-state index in [0.717, 1.165) is 36.8 Å². The maximum Gasteiger partial charge on any atom is 0.0164 e. The van der Waals surface area contributed by atoms with Crippen LogP contribution in [0.5, 0.6) is 0 Å². The van der Waals surface area contributed by atoms with Crippen LogP contribution in [-0.4, -0.2) is 25.7 Å². The molecule has 0 radical (unpaired) electrons. The van der Waals surface area contributed by atoms with E-state index >= 15 is 0 Å². The third-order valence-corrected chi connectivity index (χ3v) is 4.62. The minimum Gasteiger partial charge on any atom is -0.315 e. The Morgan fingerprint density at radius 2 is 1.88 bits per heavy atom. The minimum absolute atomic E-state index is 0.618. The van der Waals surface area contributed by atoms with Gasteiger partial charge in [0.05, 0.1) is 0 Å². The fraction of sp³-hybridized carbons (Fsp3) is 1.00. The van der Waals surface area contributed by atoms with Crippen LogP contribution in [0, 0.1) is 23.7 Å². The Labute approximate surface area is 107 Å². The summed E-state index contributed by atoms with van der Waals surface area (Å²) in [5.74, 6) is 3.89. The summed E-state index contributed by atoms with van der Waals surface area (Å²) >= 11 is 0. The standard InChI is InChI=1S/C15H30N2/c1-11(2)8-16-9-12(3)17-10-15-7-13-4-5-14(15)6-13/h11-17H,4-10H2,1-3H3. The molecule has 0 spiro atoms. The lowest BCUT2D eigenvalue weighted by Crippen LogP contribution is -2.40. The van der Waals surface area contributed by atoms with Gasteiger partial charge in [-0.1, -0.05) is 20.3 Å². The highest BCUT2D eigenvalue weighted by Gasteiger charge is 2.38. The Hall–Kier alpha value is -0.0800. The average Bonchev–Trinajstić information content (AvgIpc) is 2.87. The van der Waals surface area contributed by atoms with Gasteiger partial charge in [-0.25, -0.2) is 0 Å². The summed E-state index contributed by atoms with van der Waals surface area (Å²) in [5.41, 5.74) is 0. The molecule has 2 saturated carbocycles. The fourth-order valence-electron chi connectivity index (χ4n) is 3.64. The molecule has 0 aromatic carbocycles. The topological polar surface area (TPSA) is 24.1 Å². The largest absolute Gasteiger partial charge is 0.315 e. The molecule has 2 aliphatic rings. The summed E-state index contributed by atoms with van der Waals surface area (Å²) in [6.07, 6.45) is 6.07. The Bertz CT molecular complexity index is 227. The molecule has 0 aliphatic heterocycles. The van der Waals surface area contributed by atoms with Gasteiger partial charge in [0, 0.05) is 12.6 Å². The van der Waals surface area contributed by atoms with Crippen molar-refractivity contribution < 1.29 is 0 Å². The van der Waals surface area contributed by atoms with Gasteiger partial charge in [-0.2, -0.15) is 0 Å². The number of hydrogen-bond donors (Lipinski definition) is 2. The maximum atomic E-state index is 3.72. The zero-order chi connectivity index (χ0) is 12.3. The molecule has 0 aromatic heterocycles. The first-order valence-electron chi connectivity index (χ1n) is 7.59. The van der Waals surface area contributed by atoms with Crippen LogP contribution in [0.3, 0.4) is 0 Å². The predicted octanol–water partition coefficient (Wildman–Crippen LogP) is 2.65. The van der Waals surface area contributed by atoms with E-state index in [9.17, 15) is 0 Å². The summed E-state index contributed by atoms with van der Waals surface area (Å²) in [6, 6.07) is 0.618. The molecule has 4 unspecified atom stereocenters. The number of fused-ring (bicyclic) bond motifs is 2. The molecule has 0 heterocycles. The normalized spacial score (nSPS) is 33.5. The van der Waals surface area contributed by atoms with E-state index in [2.05, 4.69) is 31.4 Å². The van der Waals surface area contributed by atoms with Gasteiger partial charge in [-0.3, -0.25) is 0 Å². The van der Waals surface area contributed by atoms with Crippen molar-refractivity contribution in [1.29, 1.82) is 0 Å². The van der Waals surface area contributed by atoms with Crippen LogP contribution in [0.15, 0.2) is 0 Å². The molecule has 2 nitrogen and oxygen atoms in total. The van der Waals surface area contributed by atoms with Crippen LogP contribution in [-0.2, 0) is 0 Å². The van der Waals surface area contributed by atoms with Crippen LogP contribution < -0.4 is 10.6 Å². The fourth-order valence-corrected chi connectivity index (χ4v) is 3.64. The SMILES string of the molecule is CC(C)CNCC(C)NCC1CC2CCC1C2. The smallest absolute Gasteiger partial charge is 0.0164 e. The van der Waals surface area contributed by atoms with Crippen molar-refractivity contribution in [2.75, 3.05) is 19.6 Å². The average molecular weight is 238 g/mol. The second-order valence-electron chi connectivity index (χ2n) is 6.80. The summed E-state index contributed by atoms with van der Waals surface area (Å²) in [5, 5.41) is 7.25. The van der Waals surface area contributed by atoms with Gasteiger partial charge in [-0.05, 0) is 62.9 Å². The quantitative estimate of drug-likeness (QED) is 0.712. The Kier molecular flexibility index (Phi) is 4.87. The van der Waals surface area contributed by atoms with E-state index < -0.39 is 0 Å². The molecule has 2 bridgehead atoms. The van der Waals surface area contributed by atoms with E-state index in [1.54, 1.807) is 0 Å². The number of hydrogen-bond acceptors (Lipinski definition) is 2. The Morgan fingerprint density at radius 3 is 2.47 bits per heavy atom. The molecule has 2 rings (SSSR count). The molecule has 0 amide bonds. The van der Waals surface area contributed by atoms with Crippen molar-refractivity contribution in [2.24, 2.45) is 23.7 Å². The van der Waals surface area contributed by atoms with Crippen molar-refractivity contribution >= 4 is 0 Å². The Balaban J connectivity index is 1.55. The van der Waals surface area contributed by atoms with Gasteiger partial charge in [0.25, 0.3) is 0 Å². The second kappa shape index (κ2) is 6.19. The monoisotopic (exact) mass is 238 g/mol. The first-order valence-corrected chi connectivity index (χ1v) is 7.59. The molecule has 4 atom stereocenters. The van der Waals surface area contributed by atoms with Gasteiger partial charge >= 0.3 is 0 Å². The minimum atomic E-state index is 0.618. The molecule has 0 saturated heterocycles. The van der Waals surface area contributed by atoms with Crippen molar-refractivity contribution in [3.63, 3.8) is 0 Å². The van der Waals surface area contributed by atoms with Crippen molar-refractivity contribution in [3.8, 4) is 0 Å². The molecule has 100 valence electrons. The molecule has 17 heavy (non-hydrogen) atoms. The number of rotatable bonds is 7. The van der Waals surface area contributed by atoms with Crippen LogP contribution in [0.25, 0.3) is 0 Å². The summed E-state index contributed by atoms with van der Waals surface area (Å²) in [7, 11) is 0. The van der Waals surface area contributed by atoms with Crippen LogP contribution in [0.2, 0.25) is 0 Å². The van der Waals surface area contributed by atoms with E-state index in [0.29, 0.717) is 6.04 Å².